The lowest BCUT2D eigenvalue weighted by molar-refractivity contribution is -0.137. The van der Waals surface area contributed by atoms with Gasteiger partial charge in [0.15, 0.2) is 0 Å². The quantitative estimate of drug-likeness (QED) is 0.815. The Balaban J connectivity index is 0.000000960. The summed E-state index contributed by atoms with van der Waals surface area (Å²) >= 11 is 0. The number of hydrogen-bond donors (Lipinski definition) is 2. The zero-order chi connectivity index (χ0) is 14.3. The van der Waals surface area contributed by atoms with E-state index < -0.39 is 0 Å². The maximum absolute atomic E-state index is 12.5. The molecule has 1 aromatic carbocycles. The van der Waals surface area contributed by atoms with Crippen LogP contribution >= 0.6 is 24.8 Å². The van der Waals surface area contributed by atoms with Gasteiger partial charge in [0.05, 0.1) is 11.6 Å². The molecule has 2 aliphatic heterocycles. The third-order valence-corrected chi connectivity index (χ3v) is 4.73. The van der Waals surface area contributed by atoms with Crippen molar-refractivity contribution in [3.8, 4) is 11.1 Å². The first-order valence-corrected chi connectivity index (χ1v) is 7.40. The van der Waals surface area contributed by atoms with Crippen LogP contribution in [0.3, 0.4) is 0 Å². The number of piperidine rings is 1. The van der Waals surface area contributed by atoms with E-state index in [2.05, 4.69) is 15.5 Å². The molecule has 2 fully saturated rings. The summed E-state index contributed by atoms with van der Waals surface area (Å²) < 4.78 is 0. The molecule has 4 rings (SSSR count). The van der Waals surface area contributed by atoms with Crippen molar-refractivity contribution in [2.45, 2.75) is 12.8 Å². The van der Waals surface area contributed by atoms with Crippen molar-refractivity contribution < 1.29 is 4.79 Å². The summed E-state index contributed by atoms with van der Waals surface area (Å²) in [6, 6.07) is 8.13. The first-order chi connectivity index (χ1) is 10.3. The first kappa shape index (κ1) is 17.8. The Bertz CT molecular complexity index is 651. The zero-order valence-corrected chi connectivity index (χ0v) is 14.3. The third kappa shape index (κ3) is 2.96. The van der Waals surface area contributed by atoms with Crippen molar-refractivity contribution in [3.05, 3.63) is 36.7 Å². The van der Waals surface area contributed by atoms with E-state index in [0.29, 0.717) is 5.91 Å². The number of β-lactam (4-membered cyclic amide) rings is 1. The molecule has 0 aliphatic carbocycles. The second kappa shape index (κ2) is 6.91. The highest BCUT2D eigenvalue weighted by Gasteiger charge is 2.52. The van der Waals surface area contributed by atoms with Crippen molar-refractivity contribution in [2.75, 3.05) is 24.5 Å². The van der Waals surface area contributed by atoms with Gasteiger partial charge in [-0.3, -0.25) is 9.89 Å². The number of carbonyl (C=O) groups is 1. The van der Waals surface area contributed by atoms with E-state index in [1.165, 1.54) is 0 Å². The Morgan fingerprint density at radius 1 is 1.04 bits per heavy atom. The summed E-state index contributed by atoms with van der Waals surface area (Å²) in [7, 11) is 0. The maximum atomic E-state index is 12.5. The van der Waals surface area contributed by atoms with Gasteiger partial charge in [-0.15, -0.1) is 24.8 Å². The number of H-pyrrole nitrogens is 1. The van der Waals surface area contributed by atoms with Crippen LogP contribution in [-0.2, 0) is 4.79 Å². The minimum atomic E-state index is -0.0888. The molecule has 2 saturated heterocycles. The summed E-state index contributed by atoms with van der Waals surface area (Å²) in [5.41, 5.74) is 3.08. The standard InChI is InChI=1S/C16H18N4O.2ClH/c21-15-16(5-7-17-8-6-16)11-20(15)14-3-1-12(2-4-14)13-9-18-19-10-13;;/h1-4,9-10,17H,5-8,11H2,(H,18,19);2*1H. The number of hydrogen-bond acceptors (Lipinski definition) is 3. The predicted octanol–water partition coefficient (Wildman–Crippen LogP) is 2.64. The van der Waals surface area contributed by atoms with Crippen LogP contribution in [0.5, 0.6) is 0 Å². The molecule has 2 aromatic rings. The van der Waals surface area contributed by atoms with Gasteiger partial charge in [0.25, 0.3) is 0 Å². The molecule has 2 aliphatic rings. The number of halogens is 2. The number of nitrogens with zero attached hydrogens (tertiary/aromatic N) is 2. The van der Waals surface area contributed by atoms with Gasteiger partial charge in [0.1, 0.15) is 0 Å². The summed E-state index contributed by atoms with van der Waals surface area (Å²) in [5, 5.41) is 10.1. The predicted molar refractivity (Wildman–Crippen MR) is 95.4 cm³/mol. The summed E-state index contributed by atoms with van der Waals surface area (Å²) in [6.45, 7) is 2.77. The van der Waals surface area contributed by atoms with Crippen molar-refractivity contribution in [2.24, 2.45) is 5.41 Å². The molecule has 1 amide bonds. The summed E-state index contributed by atoms with van der Waals surface area (Å²) in [4.78, 5) is 14.4. The largest absolute Gasteiger partial charge is 0.317 e. The SMILES string of the molecule is Cl.Cl.O=C1N(c2ccc(-c3cn[nH]c3)cc2)CC12CCNCC2. The van der Waals surface area contributed by atoms with Gasteiger partial charge in [0, 0.05) is 24.0 Å². The number of anilines is 1. The molecule has 7 heteroatoms. The van der Waals surface area contributed by atoms with E-state index in [-0.39, 0.29) is 30.2 Å². The molecule has 3 heterocycles. The van der Waals surface area contributed by atoms with Gasteiger partial charge in [-0.25, -0.2) is 0 Å². The molecule has 1 aromatic heterocycles. The van der Waals surface area contributed by atoms with Gasteiger partial charge in [0.2, 0.25) is 5.91 Å². The number of benzene rings is 1. The van der Waals surface area contributed by atoms with Crippen LogP contribution in [0.4, 0.5) is 5.69 Å². The van der Waals surface area contributed by atoms with E-state index in [1.807, 2.05) is 35.4 Å². The Labute approximate surface area is 147 Å². The molecular weight excluding hydrogens is 335 g/mol. The summed E-state index contributed by atoms with van der Waals surface area (Å²) in [6.07, 6.45) is 5.60. The van der Waals surface area contributed by atoms with Gasteiger partial charge >= 0.3 is 0 Å². The highest BCUT2D eigenvalue weighted by molar-refractivity contribution is 6.04. The molecule has 124 valence electrons. The fraction of sp³-hybridized carbons (Fsp3) is 0.375. The monoisotopic (exact) mass is 354 g/mol. The molecule has 5 nitrogen and oxygen atoms in total. The van der Waals surface area contributed by atoms with Crippen LogP contribution in [0.15, 0.2) is 36.7 Å². The normalized spacial score (nSPS) is 18.8. The fourth-order valence-corrected chi connectivity index (χ4v) is 3.37. The Morgan fingerprint density at radius 2 is 1.74 bits per heavy atom. The fourth-order valence-electron chi connectivity index (χ4n) is 3.37. The first-order valence-electron chi connectivity index (χ1n) is 7.40. The minimum absolute atomic E-state index is 0. The average molecular weight is 355 g/mol. The molecule has 0 unspecified atom stereocenters. The van der Waals surface area contributed by atoms with Crippen LogP contribution < -0.4 is 10.2 Å². The topological polar surface area (TPSA) is 61.0 Å². The number of nitrogens with one attached hydrogen (secondary N) is 2. The van der Waals surface area contributed by atoms with Gasteiger partial charge in [-0.2, -0.15) is 5.10 Å². The number of rotatable bonds is 2. The molecular formula is C16H20Cl2N4O. The maximum Gasteiger partial charge on any atom is 0.235 e. The Kier molecular flexibility index (Phi) is 5.34. The number of aromatic amines is 1. The van der Waals surface area contributed by atoms with Crippen molar-refractivity contribution in [1.29, 1.82) is 0 Å². The highest BCUT2D eigenvalue weighted by atomic mass is 35.5. The van der Waals surface area contributed by atoms with Gasteiger partial charge < -0.3 is 10.2 Å². The lowest BCUT2D eigenvalue weighted by Crippen LogP contribution is -2.64. The van der Waals surface area contributed by atoms with Crippen LogP contribution in [0.2, 0.25) is 0 Å². The zero-order valence-electron chi connectivity index (χ0n) is 12.6. The molecule has 0 bridgehead atoms. The van der Waals surface area contributed by atoms with Crippen molar-refractivity contribution in [1.82, 2.24) is 15.5 Å². The van der Waals surface area contributed by atoms with Crippen LogP contribution in [0, 0.1) is 5.41 Å². The molecule has 0 saturated carbocycles. The lowest BCUT2D eigenvalue weighted by Gasteiger charge is -2.50. The second-order valence-corrected chi connectivity index (χ2v) is 5.96. The van der Waals surface area contributed by atoms with E-state index in [0.717, 1.165) is 49.3 Å². The molecule has 23 heavy (non-hydrogen) atoms. The smallest absolute Gasteiger partial charge is 0.235 e. The third-order valence-electron chi connectivity index (χ3n) is 4.73. The van der Waals surface area contributed by atoms with Crippen molar-refractivity contribution in [3.63, 3.8) is 0 Å². The van der Waals surface area contributed by atoms with E-state index in [9.17, 15) is 4.79 Å². The Hall–Kier alpha value is -1.56. The molecule has 0 radical (unpaired) electrons. The van der Waals surface area contributed by atoms with E-state index in [4.69, 9.17) is 0 Å². The van der Waals surface area contributed by atoms with Crippen LogP contribution in [-0.4, -0.2) is 35.7 Å². The van der Waals surface area contributed by atoms with E-state index in [1.54, 1.807) is 6.20 Å². The van der Waals surface area contributed by atoms with E-state index >= 15 is 0 Å². The Morgan fingerprint density at radius 3 is 2.30 bits per heavy atom. The minimum Gasteiger partial charge on any atom is -0.317 e. The molecule has 0 atom stereocenters. The second-order valence-electron chi connectivity index (χ2n) is 5.96. The molecule has 2 N–H and O–H groups in total. The van der Waals surface area contributed by atoms with Crippen molar-refractivity contribution >= 4 is 36.4 Å². The summed E-state index contributed by atoms with van der Waals surface area (Å²) in [5.74, 6) is 0.292. The lowest BCUT2D eigenvalue weighted by atomic mass is 9.71. The highest BCUT2D eigenvalue weighted by Crippen LogP contribution is 2.42. The van der Waals surface area contributed by atoms with Gasteiger partial charge in [-0.05, 0) is 43.6 Å². The number of amides is 1. The molecule has 1 spiro atoms. The number of aromatic nitrogens is 2. The van der Waals surface area contributed by atoms with Crippen LogP contribution in [0.1, 0.15) is 12.8 Å². The van der Waals surface area contributed by atoms with Gasteiger partial charge in [-0.1, -0.05) is 12.1 Å². The van der Waals surface area contributed by atoms with Crippen LogP contribution in [0.25, 0.3) is 11.1 Å². The number of carbonyl (C=O) groups excluding carboxylic acids is 1. The average Bonchev–Trinajstić information content (AvgIpc) is 3.08.